The second-order valence-corrected chi connectivity index (χ2v) is 14.2. The first-order valence-electron chi connectivity index (χ1n) is 15.6. The van der Waals surface area contributed by atoms with Crippen LogP contribution in [0.15, 0.2) is 12.7 Å². The summed E-state index contributed by atoms with van der Waals surface area (Å²) in [7, 11) is 0. The van der Waals surface area contributed by atoms with Crippen molar-refractivity contribution in [3.8, 4) is 0 Å². The van der Waals surface area contributed by atoms with Crippen LogP contribution in [0.3, 0.4) is 0 Å². The number of alkyl halides is 1. The van der Waals surface area contributed by atoms with Gasteiger partial charge in [-0.05, 0) is 69.8 Å². The third kappa shape index (κ3) is 6.33. The predicted octanol–water partition coefficient (Wildman–Crippen LogP) is 3.08. The zero-order chi connectivity index (χ0) is 27.7. The van der Waals surface area contributed by atoms with Crippen LogP contribution in [0.4, 0.5) is 0 Å². The first-order valence-corrected chi connectivity index (χ1v) is 16.5. The van der Waals surface area contributed by atoms with Gasteiger partial charge in [-0.15, -0.1) is 0 Å². The summed E-state index contributed by atoms with van der Waals surface area (Å²) in [5.41, 5.74) is 10.4. The smallest absolute Gasteiger partial charge is 0.228 e. The summed E-state index contributed by atoms with van der Waals surface area (Å²) >= 11 is 3.61. The number of hydrogen-bond acceptors (Lipinski definition) is 7. The van der Waals surface area contributed by atoms with Crippen LogP contribution in [0, 0.1) is 23.7 Å². The van der Waals surface area contributed by atoms with E-state index in [9.17, 15) is 14.7 Å². The van der Waals surface area contributed by atoms with Crippen molar-refractivity contribution < 1.29 is 14.7 Å². The van der Waals surface area contributed by atoms with E-state index in [2.05, 4.69) is 43.2 Å². The summed E-state index contributed by atoms with van der Waals surface area (Å²) in [5, 5.41) is 17.2. The molecule has 220 valence electrons. The zero-order valence-corrected chi connectivity index (χ0v) is 25.2. The Morgan fingerprint density at radius 2 is 1.72 bits per heavy atom. The number of amides is 1. The summed E-state index contributed by atoms with van der Waals surface area (Å²) in [6, 6.07) is 1.30. The molecule has 6 rings (SSSR count). The van der Waals surface area contributed by atoms with Crippen molar-refractivity contribution in [2.45, 2.75) is 125 Å². The monoisotopic (exact) mass is 607 g/mol. The number of nitrogens with two attached hydrogens (primary N) is 1. The van der Waals surface area contributed by atoms with Gasteiger partial charge in [0.15, 0.2) is 5.78 Å². The third-order valence-electron chi connectivity index (χ3n) is 10.8. The molecule has 0 aromatic carbocycles. The quantitative estimate of drug-likeness (QED) is 0.221. The fourth-order valence-corrected chi connectivity index (χ4v) is 9.09. The average molecular weight is 609 g/mol. The normalized spacial score (nSPS) is 42.8. The molecule has 0 aromatic rings. The molecule has 0 bridgehead atoms. The molecule has 0 aromatic heterocycles. The topological polar surface area (TPSA) is 111 Å². The number of carbonyl (C=O) groups is 2. The number of piperidine rings is 2. The van der Waals surface area contributed by atoms with Crippen molar-refractivity contribution in [1.82, 2.24) is 20.7 Å². The highest BCUT2D eigenvalue weighted by Crippen LogP contribution is 2.46. The van der Waals surface area contributed by atoms with E-state index in [4.69, 9.17) is 5.73 Å². The number of ketones is 1. The summed E-state index contributed by atoms with van der Waals surface area (Å²) in [5.74, 6) is 2.22. The Balaban J connectivity index is 0.000000567. The SMILES string of the molecule is C=CC(C)=O.NC1CC(Br)NCC1C(=O)N1CCC2C3C(CCCCC31)NN2C1CCC(C2CCC2)CC1O. The number of halogens is 1. The Morgan fingerprint density at radius 1 is 0.974 bits per heavy atom. The van der Waals surface area contributed by atoms with Gasteiger partial charge in [0.1, 0.15) is 0 Å². The maximum Gasteiger partial charge on any atom is 0.228 e. The van der Waals surface area contributed by atoms with Crippen molar-refractivity contribution in [3.63, 3.8) is 0 Å². The minimum atomic E-state index is -0.226. The Morgan fingerprint density at radius 3 is 2.36 bits per heavy atom. The number of hydrogen-bond donors (Lipinski definition) is 4. The highest BCUT2D eigenvalue weighted by molar-refractivity contribution is 9.09. The minimum Gasteiger partial charge on any atom is -0.391 e. The molecule has 3 saturated heterocycles. The molecule has 8 nitrogen and oxygen atoms in total. The molecule has 1 amide bonds. The lowest BCUT2D eigenvalue weighted by molar-refractivity contribution is -0.144. The first-order chi connectivity index (χ1) is 18.8. The zero-order valence-electron chi connectivity index (χ0n) is 23.6. The molecular formula is C30H50BrN5O3. The molecule has 10 atom stereocenters. The van der Waals surface area contributed by atoms with Crippen LogP contribution in [-0.4, -0.2) is 81.1 Å². The van der Waals surface area contributed by atoms with Gasteiger partial charge in [-0.25, -0.2) is 5.01 Å². The van der Waals surface area contributed by atoms with E-state index < -0.39 is 0 Å². The van der Waals surface area contributed by atoms with E-state index in [-0.39, 0.29) is 40.7 Å². The lowest BCUT2D eigenvalue weighted by Crippen LogP contribution is -2.62. The Kier molecular flexibility index (Phi) is 9.87. The Bertz CT molecular complexity index is 887. The first kappa shape index (κ1) is 29.6. The standard InChI is InChI=1S/C26H44BrN5O2.C4H6O/c27-24-13-18(28)17(14-29-24)26(34)31-11-10-22-25-19(6-1-2-7-21(25)31)30-32(22)20-9-8-16(12-23(20)33)15-4-3-5-15;1-3-4(2)5/h15-25,29-30,33H,1-14,28H2;3H,1H2,2H3. The van der Waals surface area contributed by atoms with E-state index in [1.807, 2.05) is 0 Å². The molecule has 6 fully saturated rings. The number of likely N-dealkylation sites (tertiary alicyclic amines) is 1. The summed E-state index contributed by atoms with van der Waals surface area (Å²) in [6.07, 6.45) is 15.0. The Hall–Kier alpha value is -0.840. The second kappa shape index (κ2) is 13.0. The average Bonchev–Trinajstić information content (AvgIpc) is 3.10. The molecule has 3 saturated carbocycles. The molecule has 3 aliphatic carbocycles. The van der Waals surface area contributed by atoms with Crippen LogP contribution in [-0.2, 0) is 9.59 Å². The van der Waals surface area contributed by atoms with Crippen LogP contribution in [0.1, 0.15) is 84.0 Å². The fourth-order valence-electron chi connectivity index (χ4n) is 8.47. The highest BCUT2D eigenvalue weighted by Gasteiger charge is 2.54. The van der Waals surface area contributed by atoms with Gasteiger partial charge in [0.25, 0.3) is 0 Å². The van der Waals surface area contributed by atoms with Gasteiger partial charge >= 0.3 is 0 Å². The van der Waals surface area contributed by atoms with Crippen LogP contribution >= 0.6 is 15.9 Å². The number of aliphatic hydroxyl groups is 1. The lowest BCUT2D eigenvalue weighted by Gasteiger charge is -2.49. The van der Waals surface area contributed by atoms with Gasteiger partial charge in [-0.3, -0.25) is 15.0 Å². The molecule has 3 heterocycles. The number of hydrazine groups is 1. The van der Waals surface area contributed by atoms with Crippen molar-refractivity contribution in [2.24, 2.45) is 29.4 Å². The molecule has 3 aliphatic heterocycles. The third-order valence-corrected chi connectivity index (χ3v) is 11.5. The number of aliphatic hydroxyl groups excluding tert-OH is 1. The summed E-state index contributed by atoms with van der Waals surface area (Å²) < 4.78 is 0. The van der Waals surface area contributed by atoms with Crippen molar-refractivity contribution in [1.29, 1.82) is 0 Å². The molecule has 10 unspecified atom stereocenters. The largest absolute Gasteiger partial charge is 0.391 e. The Labute approximate surface area is 243 Å². The minimum absolute atomic E-state index is 0.0185. The number of nitrogens with zero attached hydrogens (tertiary/aromatic N) is 2. The van der Waals surface area contributed by atoms with Crippen LogP contribution in [0.25, 0.3) is 0 Å². The molecular weight excluding hydrogens is 558 g/mol. The summed E-state index contributed by atoms with van der Waals surface area (Å²) in [6.45, 7) is 6.16. The van der Waals surface area contributed by atoms with E-state index >= 15 is 0 Å². The van der Waals surface area contributed by atoms with Gasteiger partial charge in [0.2, 0.25) is 5.91 Å². The summed E-state index contributed by atoms with van der Waals surface area (Å²) in [4.78, 5) is 25.9. The van der Waals surface area contributed by atoms with Crippen LogP contribution < -0.4 is 16.5 Å². The number of allylic oxidation sites excluding steroid dienone is 1. The maximum atomic E-state index is 13.8. The molecule has 0 spiro atoms. The molecule has 5 N–H and O–H groups in total. The highest BCUT2D eigenvalue weighted by atomic mass is 79.9. The molecule has 9 heteroatoms. The van der Waals surface area contributed by atoms with Crippen LogP contribution in [0.5, 0.6) is 0 Å². The van der Waals surface area contributed by atoms with Crippen molar-refractivity contribution >= 4 is 27.6 Å². The molecule has 39 heavy (non-hydrogen) atoms. The van der Waals surface area contributed by atoms with Gasteiger partial charge < -0.3 is 21.1 Å². The van der Waals surface area contributed by atoms with Crippen LogP contribution in [0.2, 0.25) is 0 Å². The maximum absolute atomic E-state index is 13.8. The van der Waals surface area contributed by atoms with Gasteiger partial charge in [0.05, 0.1) is 23.0 Å². The van der Waals surface area contributed by atoms with E-state index in [0.29, 0.717) is 30.6 Å². The van der Waals surface area contributed by atoms with Gasteiger partial charge in [-0.2, -0.15) is 0 Å². The number of carbonyl (C=O) groups excluding carboxylic acids is 2. The van der Waals surface area contributed by atoms with Gasteiger partial charge in [0, 0.05) is 43.2 Å². The van der Waals surface area contributed by atoms with E-state index in [0.717, 1.165) is 50.5 Å². The molecule has 6 aliphatic rings. The van der Waals surface area contributed by atoms with Crippen molar-refractivity contribution in [2.75, 3.05) is 13.1 Å². The van der Waals surface area contributed by atoms with Gasteiger partial charge in [-0.1, -0.05) is 54.6 Å². The van der Waals surface area contributed by atoms with E-state index in [1.165, 1.54) is 57.9 Å². The van der Waals surface area contributed by atoms with E-state index in [1.54, 1.807) is 0 Å². The number of nitrogens with one attached hydrogen (secondary N) is 2. The second-order valence-electron chi connectivity index (χ2n) is 13.1. The predicted molar refractivity (Wildman–Crippen MR) is 157 cm³/mol. The lowest BCUT2D eigenvalue weighted by atomic mass is 9.68. The molecule has 0 radical (unpaired) electrons. The fraction of sp³-hybridized carbons (Fsp3) is 0.867. The van der Waals surface area contributed by atoms with Crippen molar-refractivity contribution in [3.05, 3.63) is 12.7 Å². The number of rotatable bonds is 4.